The average Bonchev–Trinajstić information content (AvgIpc) is 3.45. The largest absolute Gasteiger partial charge is 0.481 e. The standard InChI is InChI=1S/C19H20FNO3/c20-16-8-4-5-9-17(16)24-12-18(22)21-13-19(23,15-10-11-15)14-6-2-1-3-7-14/h1-9,15,23H,10-13H2,(H,21,22). The van der Waals surface area contributed by atoms with Crippen LogP contribution in [0.1, 0.15) is 18.4 Å². The first-order valence-electron chi connectivity index (χ1n) is 8.01. The van der Waals surface area contributed by atoms with Crippen molar-refractivity contribution >= 4 is 5.91 Å². The van der Waals surface area contributed by atoms with E-state index in [9.17, 15) is 14.3 Å². The number of halogens is 1. The Labute approximate surface area is 140 Å². The zero-order valence-corrected chi connectivity index (χ0v) is 13.2. The van der Waals surface area contributed by atoms with E-state index in [2.05, 4.69) is 5.32 Å². The predicted molar refractivity (Wildman–Crippen MR) is 88.0 cm³/mol. The summed E-state index contributed by atoms with van der Waals surface area (Å²) in [6.07, 6.45) is 1.87. The number of rotatable bonds is 7. The van der Waals surface area contributed by atoms with Gasteiger partial charge in [-0.15, -0.1) is 0 Å². The summed E-state index contributed by atoms with van der Waals surface area (Å²) in [5.74, 6) is -0.724. The molecule has 1 aliphatic rings. The molecular weight excluding hydrogens is 309 g/mol. The van der Waals surface area contributed by atoms with Crippen molar-refractivity contribution in [2.24, 2.45) is 5.92 Å². The quantitative estimate of drug-likeness (QED) is 0.821. The smallest absolute Gasteiger partial charge is 0.258 e. The van der Waals surface area contributed by atoms with Crippen LogP contribution in [0, 0.1) is 11.7 Å². The van der Waals surface area contributed by atoms with Crippen LogP contribution in [0.3, 0.4) is 0 Å². The van der Waals surface area contributed by atoms with Gasteiger partial charge < -0.3 is 15.2 Å². The molecule has 2 N–H and O–H groups in total. The van der Waals surface area contributed by atoms with Crippen molar-refractivity contribution in [3.63, 3.8) is 0 Å². The van der Waals surface area contributed by atoms with Crippen molar-refractivity contribution in [2.75, 3.05) is 13.2 Å². The van der Waals surface area contributed by atoms with Gasteiger partial charge in [0.05, 0.1) is 6.54 Å². The third kappa shape index (κ3) is 3.74. The van der Waals surface area contributed by atoms with Crippen molar-refractivity contribution in [3.05, 3.63) is 66.0 Å². The summed E-state index contributed by atoms with van der Waals surface area (Å²) < 4.78 is 18.6. The van der Waals surface area contributed by atoms with Gasteiger partial charge >= 0.3 is 0 Å². The van der Waals surface area contributed by atoms with E-state index in [0.29, 0.717) is 0 Å². The molecule has 3 rings (SSSR count). The van der Waals surface area contributed by atoms with Gasteiger partial charge in [0.2, 0.25) is 0 Å². The van der Waals surface area contributed by atoms with Crippen LogP contribution in [0.2, 0.25) is 0 Å². The van der Waals surface area contributed by atoms with Gasteiger partial charge in [0.25, 0.3) is 5.91 Å². The second-order valence-corrected chi connectivity index (χ2v) is 6.06. The number of carbonyl (C=O) groups excluding carboxylic acids is 1. The van der Waals surface area contributed by atoms with Gasteiger partial charge in [0.15, 0.2) is 18.2 Å². The minimum Gasteiger partial charge on any atom is -0.481 e. The van der Waals surface area contributed by atoms with Gasteiger partial charge in [-0.25, -0.2) is 4.39 Å². The number of carbonyl (C=O) groups is 1. The lowest BCUT2D eigenvalue weighted by Gasteiger charge is -2.29. The number of benzene rings is 2. The molecule has 4 nitrogen and oxygen atoms in total. The van der Waals surface area contributed by atoms with Crippen LogP contribution in [-0.2, 0) is 10.4 Å². The number of hydrogen-bond donors (Lipinski definition) is 2. The van der Waals surface area contributed by atoms with Gasteiger partial charge in [-0.1, -0.05) is 42.5 Å². The molecule has 0 heterocycles. The Morgan fingerprint density at radius 1 is 1.17 bits per heavy atom. The van der Waals surface area contributed by atoms with Crippen LogP contribution in [0.4, 0.5) is 4.39 Å². The molecule has 0 bridgehead atoms. The summed E-state index contributed by atoms with van der Waals surface area (Å²) in [5.41, 5.74) is -0.280. The van der Waals surface area contributed by atoms with Crippen molar-refractivity contribution in [2.45, 2.75) is 18.4 Å². The first-order chi connectivity index (χ1) is 11.6. The van der Waals surface area contributed by atoms with Crippen LogP contribution in [-0.4, -0.2) is 24.2 Å². The second-order valence-electron chi connectivity index (χ2n) is 6.06. The molecule has 0 aliphatic heterocycles. The lowest BCUT2D eigenvalue weighted by Crippen LogP contribution is -2.43. The number of hydrogen-bond acceptors (Lipinski definition) is 3. The summed E-state index contributed by atoms with van der Waals surface area (Å²) in [6.45, 7) is -0.183. The number of amides is 1. The first kappa shape index (κ1) is 16.5. The molecule has 126 valence electrons. The third-order valence-electron chi connectivity index (χ3n) is 4.28. The average molecular weight is 329 g/mol. The highest BCUT2D eigenvalue weighted by atomic mass is 19.1. The van der Waals surface area contributed by atoms with Crippen LogP contribution in [0.5, 0.6) is 5.75 Å². The highest BCUT2D eigenvalue weighted by molar-refractivity contribution is 5.77. The maximum Gasteiger partial charge on any atom is 0.258 e. The molecule has 1 amide bonds. The van der Waals surface area contributed by atoms with Crippen molar-refractivity contribution in [1.82, 2.24) is 5.32 Å². The lowest BCUT2D eigenvalue weighted by atomic mass is 9.88. The zero-order chi connectivity index (χ0) is 17.0. The Kier molecular flexibility index (Phi) is 4.81. The van der Waals surface area contributed by atoms with Gasteiger partial charge in [-0.2, -0.15) is 0 Å². The maximum absolute atomic E-state index is 13.5. The van der Waals surface area contributed by atoms with Crippen molar-refractivity contribution < 1.29 is 19.0 Å². The highest BCUT2D eigenvalue weighted by Crippen LogP contribution is 2.45. The summed E-state index contributed by atoms with van der Waals surface area (Å²) in [7, 11) is 0. The van der Waals surface area contributed by atoms with Gasteiger partial charge in [0.1, 0.15) is 5.60 Å². The Morgan fingerprint density at radius 3 is 2.50 bits per heavy atom. The Hall–Kier alpha value is -2.40. The highest BCUT2D eigenvalue weighted by Gasteiger charge is 2.45. The van der Waals surface area contributed by atoms with E-state index in [0.717, 1.165) is 18.4 Å². The topological polar surface area (TPSA) is 58.6 Å². The molecule has 0 spiro atoms. The fourth-order valence-corrected chi connectivity index (χ4v) is 2.76. The fraction of sp³-hybridized carbons (Fsp3) is 0.316. The molecule has 0 aromatic heterocycles. The molecule has 1 aliphatic carbocycles. The molecule has 1 saturated carbocycles. The SMILES string of the molecule is O=C(COc1ccccc1F)NCC(O)(c1ccccc1)C1CC1. The Balaban J connectivity index is 1.57. The van der Waals surface area contributed by atoms with E-state index in [1.807, 2.05) is 30.3 Å². The van der Waals surface area contributed by atoms with Crippen molar-refractivity contribution in [1.29, 1.82) is 0 Å². The van der Waals surface area contributed by atoms with Gasteiger partial charge in [-0.3, -0.25) is 4.79 Å². The van der Waals surface area contributed by atoms with Crippen LogP contribution in [0.25, 0.3) is 0 Å². The van der Waals surface area contributed by atoms with E-state index in [4.69, 9.17) is 4.74 Å². The number of aliphatic hydroxyl groups is 1. The van der Waals surface area contributed by atoms with E-state index in [-0.39, 0.29) is 24.8 Å². The Bertz CT molecular complexity index is 703. The summed E-state index contributed by atoms with van der Waals surface area (Å²) in [6, 6.07) is 15.3. The third-order valence-corrected chi connectivity index (χ3v) is 4.28. The lowest BCUT2D eigenvalue weighted by molar-refractivity contribution is -0.124. The first-order valence-corrected chi connectivity index (χ1v) is 8.01. The second kappa shape index (κ2) is 7.01. The maximum atomic E-state index is 13.5. The van der Waals surface area contributed by atoms with Gasteiger partial charge in [0, 0.05) is 0 Å². The van der Waals surface area contributed by atoms with Crippen LogP contribution < -0.4 is 10.1 Å². The summed E-state index contributed by atoms with van der Waals surface area (Å²) in [4.78, 5) is 12.0. The zero-order valence-electron chi connectivity index (χ0n) is 13.2. The molecule has 24 heavy (non-hydrogen) atoms. The number of ether oxygens (including phenoxy) is 1. The number of para-hydroxylation sites is 1. The molecule has 1 unspecified atom stereocenters. The number of nitrogens with one attached hydrogen (secondary N) is 1. The normalized spacial score (nSPS) is 16.2. The molecule has 5 heteroatoms. The summed E-state index contributed by atoms with van der Waals surface area (Å²) >= 11 is 0. The Morgan fingerprint density at radius 2 is 1.83 bits per heavy atom. The van der Waals surface area contributed by atoms with E-state index in [1.54, 1.807) is 12.1 Å². The molecule has 2 aromatic carbocycles. The van der Waals surface area contributed by atoms with Crippen LogP contribution >= 0.6 is 0 Å². The molecule has 1 fully saturated rings. The van der Waals surface area contributed by atoms with Gasteiger partial charge in [-0.05, 0) is 36.5 Å². The monoisotopic (exact) mass is 329 g/mol. The molecule has 0 saturated heterocycles. The fourth-order valence-electron chi connectivity index (χ4n) is 2.76. The minimum atomic E-state index is -1.07. The molecule has 1 atom stereocenters. The molecule has 2 aromatic rings. The molecule has 0 radical (unpaired) electrons. The summed E-state index contributed by atoms with van der Waals surface area (Å²) in [5, 5.41) is 13.7. The van der Waals surface area contributed by atoms with Crippen molar-refractivity contribution in [3.8, 4) is 5.75 Å². The van der Waals surface area contributed by atoms with E-state index >= 15 is 0 Å². The van der Waals surface area contributed by atoms with E-state index < -0.39 is 17.3 Å². The van der Waals surface area contributed by atoms with E-state index in [1.165, 1.54) is 12.1 Å². The minimum absolute atomic E-state index is 0.0353. The molecular formula is C19H20FNO3. The predicted octanol–water partition coefficient (Wildman–Crippen LogP) is 2.62. The van der Waals surface area contributed by atoms with Crippen LogP contribution in [0.15, 0.2) is 54.6 Å².